The third kappa shape index (κ3) is 3.20. The van der Waals surface area contributed by atoms with Gasteiger partial charge in [0.25, 0.3) is 0 Å². The molecule has 3 aromatic rings. The van der Waals surface area contributed by atoms with E-state index in [1.54, 1.807) is 18.1 Å². The molecular weight excluding hydrogens is 330 g/mol. The number of piperidine rings is 1. The van der Waals surface area contributed by atoms with E-state index in [1.165, 1.54) is 13.0 Å². The summed E-state index contributed by atoms with van der Waals surface area (Å²) in [7, 11) is 1.66. The third-order valence-corrected chi connectivity index (χ3v) is 4.99. The average molecular weight is 353 g/mol. The van der Waals surface area contributed by atoms with E-state index >= 15 is 0 Å². The topological polar surface area (TPSA) is 73.9 Å². The number of tetrazole rings is 1. The molecule has 0 spiro atoms. The van der Waals surface area contributed by atoms with Crippen molar-refractivity contribution in [1.29, 1.82) is 0 Å². The maximum atomic E-state index is 5.49. The Bertz CT molecular complexity index is 858. The van der Waals surface area contributed by atoms with Crippen LogP contribution >= 0.6 is 0 Å². The molecule has 1 saturated heterocycles. The second kappa shape index (κ2) is 7.25. The molecule has 1 fully saturated rings. The minimum Gasteiger partial charge on any atom is -0.497 e. The molecular formula is C18H23N7O. The fraction of sp³-hybridized carbons (Fsp3) is 0.444. The van der Waals surface area contributed by atoms with Gasteiger partial charge in [0.2, 0.25) is 0 Å². The normalized spacial score (nSPS) is 18.2. The molecule has 0 radical (unpaired) electrons. The van der Waals surface area contributed by atoms with Gasteiger partial charge in [0.1, 0.15) is 17.9 Å². The molecule has 3 heterocycles. The highest BCUT2D eigenvalue weighted by atomic mass is 16.5. The Morgan fingerprint density at radius 3 is 2.88 bits per heavy atom. The number of hydrogen-bond donors (Lipinski definition) is 0. The van der Waals surface area contributed by atoms with Crippen molar-refractivity contribution in [3.63, 3.8) is 0 Å². The summed E-state index contributed by atoms with van der Waals surface area (Å²) in [6.45, 7) is 5.53. The lowest BCUT2D eigenvalue weighted by atomic mass is 9.97. The van der Waals surface area contributed by atoms with Crippen molar-refractivity contribution < 1.29 is 4.74 Å². The summed E-state index contributed by atoms with van der Waals surface area (Å²) in [6, 6.07) is 5.97. The standard InChI is InChI=1S/C18H23N7O/c1-3-23-7-4-5-14(12-23)18-19-6-8-24(18)15-9-16(11-17(10-15)26-2)25-13-20-21-22-25/h6,8-11,13-14H,3-5,7,12H2,1-2H3/t14-/m1/s1. The maximum absolute atomic E-state index is 5.49. The molecule has 1 atom stereocenters. The largest absolute Gasteiger partial charge is 0.497 e. The van der Waals surface area contributed by atoms with Crippen LogP contribution in [0, 0.1) is 0 Å². The summed E-state index contributed by atoms with van der Waals surface area (Å²) in [5.74, 6) is 2.28. The van der Waals surface area contributed by atoms with Gasteiger partial charge >= 0.3 is 0 Å². The van der Waals surface area contributed by atoms with Crippen LogP contribution in [0.25, 0.3) is 11.4 Å². The number of likely N-dealkylation sites (tertiary alicyclic amines) is 1. The van der Waals surface area contributed by atoms with Gasteiger partial charge in [-0.25, -0.2) is 9.67 Å². The minimum absolute atomic E-state index is 0.432. The Morgan fingerprint density at radius 2 is 2.12 bits per heavy atom. The molecule has 0 amide bonds. The number of methoxy groups -OCH3 is 1. The summed E-state index contributed by atoms with van der Waals surface area (Å²) in [6.07, 6.45) is 7.83. The van der Waals surface area contributed by atoms with E-state index < -0.39 is 0 Å². The number of imidazole rings is 1. The molecule has 2 aromatic heterocycles. The number of nitrogens with zero attached hydrogens (tertiary/aromatic N) is 7. The van der Waals surface area contributed by atoms with Crippen LogP contribution in [-0.2, 0) is 0 Å². The van der Waals surface area contributed by atoms with Crippen LogP contribution in [0.2, 0.25) is 0 Å². The van der Waals surface area contributed by atoms with Gasteiger partial charge in [-0.1, -0.05) is 6.92 Å². The summed E-state index contributed by atoms with van der Waals surface area (Å²) in [4.78, 5) is 7.17. The van der Waals surface area contributed by atoms with Gasteiger partial charge < -0.3 is 14.2 Å². The van der Waals surface area contributed by atoms with E-state index in [4.69, 9.17) is 4.74 Å². The molecule has 8 heteroatoms. The lowest BCUT2D eigenvalue weighted by molar-refractivity contribution is 0.213. The molecule has 136 valence electrons. The van der Waals surface area contributed by atoms with Crippen molar-refractivity contribution in [2.45, 2.75) is 25.7 Å². The number of hydrogen-bond acceptors (Lipinski definition) is 6. The first-order valence-corrected chi connectivity index (χ1v) is 8.97. The van der Waals surface area contributed by atoms with E-state index in [-0.39, 0.29) is 0 Å². The highest BCUT2D eigenvalue weighted by Gasteiger charge is 2.24. The Hall–Kier alpha value is -2.74. The number of benzene rings is 1. The fourth-order valence-electron chi connectivity index (χ4n) is 3.63. The molecule has 1 aliphatic heterocycles. The number of rotatable bonds is 5. The minimum atomic E-state index is 0.432. The zero-order valence-electron chi connectivity index (χ0n) is 15.1. The van der Waals surface area contributed by atoms with Gasteiger partial charge in [-0.3, -0.25) is 0 Å². The predicted molar refractivity (Wildman–Crippen MR) is 96.9 cm³/mol. The number of aromatic nitrogens is 6. The first-order valence-electron chi connectivity index (χ1n) is 8.97. The first-order chi connectivity index (χ1) is 12.8. The predicted octanol–water partition coefficient (Wildman–Crippen LogP) is 2.06. The van der Waals surface area contributed by atoms with Crippen LogP contribution < -0.4 is 4.74 Å². The Kier molecular flexibility index (Phi) is 4.66. The molecule has 0 unspecified atom stereocenters. The van der Waals surface area contributed by atoms with Crippen LogP contribution in [0.3, 0.4) is 0 Å². The van der Waals surface area contributed by atoms with E-state index in [0.29, 0.717) is 5.92 Å². The monoisotopic (exact) mass is 353 g/mol. The van der Waals surface area contributed by atoms with Gasteiger partial charge in [0, 0.05) is 37.0 Å². The van der Waals surface area contributed by atoms with Crippen molar-refractivity contribution in [2.75, 3.05) is 26.7 Å². The molecule has 0 saturated carbocycles. The van der Waals surface area contributed by atoms with Crippen molar-refractivity contribution in [1.82, 2.24) is 34.7 Å². The quantitative estimate of drug-likeness (QED) is 0.699. The Balaban J connectivity index is 1.72. The summed E-state index contributed by atoms with van der Waals surface area (Å²) in [5.41, 5.74) is 1.85. The summed E-state index contributed by atoms with van der Waals surface area (Å²) < 4.78 is 9.27. The molecule has 1 aliphatic rings. The SMILES string of the molecule is CCN1CCC[C@@H](c2nccn2-c2cc(OC)cc(-n3cnnn3)c2)C1. The molecule has 4 rings (SSSR count). The van der Waals surface area contributed by atoms with E-state index in [0.717, 1.165) is 42.5 Å². The van der Waals surface area contributed by atoms with Gasteiger partial charge in [-0.15, -0.1) is 5.10 Å². The second-order valence-corrected chi connectivity index (χ2v) is 6.53. The van der Waals surface area contributed by atoms with Crippen molar-refractivity contribution in [3.8, 4) is 17.1 Å². The zero-order valence-corrected chi connectivity index (χ0v) is 15.1. The first kappa shape index (κ1) is 16.7. The lowest BCUT2D eigenvalue weighted by Crippen LogP contribution is -2.35. The van der Waals surface area contributed by atoms with Gasteiger partial charge in [0.15, 0.2) is 0 Å². The summed E-state index contributed by atoms with van der Waals surface area (Å²) >= 11 is 0. The molecule has 0 aliphatic carbocycles. The van der Waals surface area contributed by atoms with Crippen molar-refractivity contribution in [2.24, 2.45) is 0 Å². The van der Waals surface area contributed by atoms with Crippen molar-refractivity contribution >= 4 is 0 Å². The molecule has 8 nitrogen and oxygen atoms in total. The Morgan fingerprint density at radius 1 is 1.23 bits per heavy atom. The maximum Gasteiger partial charge on any atom is 0.143 e. The van der Waals surface area contributed by atoms with Gasteiger partial charge in [0.05, 0.1) is 18.5 Å². The molecule has 26 heavy (non-hydrogen) atoms. The highest BCUT2D eigenvalue weighted by molar-refractivity contribution is 5.50. The van der Waals surface area contributed by atoms with E-state index in [1.807, 2.05) is 30.6 Å². The summed E-state index contributed by atoms with van der Waals surface area (Å²) in [5, 5.41) is 11.4. The highest BCUT2D eigenvalue weighted by Crippen LogP contribution is 2.29. The van der Waals surface area contributed by atoms with Gasteiger partial charge in [-0.05, 0) is 42.4 Å². The van der Waals surface area contributed by atoms with Crippen LogP contribution in [0.5, 0.6) is 5.75 Å². The van der Waals surface area contributed by atoms with Crippen LogP contribution in [0.15, 0.2) is 36.9 Å². The number of ether oxygens (including phenoxy) is 1. The van der Waals surface area contributed by atoms with Crippen LogP contribution in [-0.4, -0.2) is 61.4 Å². The zero-order chi connectivity index (χ0) is 17.9. The van der Waals surface area contributed by atoms with Crippen LogP contribution in [0.4, 0.5) is 0 Å². The lowest BCUT2D eigenvalue weighted by Gasteiger charge is -2.31. The second-order valence-electron chi connectivity index (χ2n) is 6.53. The number of likely N-dealkylation sites (N-methyl/N-ethyl adjacent to an activating group) is 1. The smallest absolute Gasteiger partial charge is 0.143 e. The van der Waals surface area contributed by atoms with E-state index in [9.17, 15) is 0 Å². The molecule has 1 aromatic carbocycles. The molecule has 0 N–H and O–H groups in total. The van der Waals surface area contributed by atoms with Crippen molar-refractivity contribution in [3.05, 3.63) is 42.7 Å². The Labute approximate surface area is 152 Å². The van der Waals surface area contributed by atoms with E-state index in [2.05, 4.69) is 36.9 Å². The fourth-order valence-corrected chi connectivity index (χ4v) is 3.63. The average Bonchev–Trinajstić information content (AvgIpc) is 3.39. The molecule has 0 bridgehead atoms. The third-order valence-electron chi connectivity index (χ3n) is 4.99. The van der Waals surface area contributed by atoms with Gasteiger partial charge in [-0.2, -0.15) is 0 Å². The van der Waals surface area contributed by atoms with Crippen LogP contribution in [0.1, 0.15) is 31.5 Å².